The van der Waals surface area contributed by atoms with Crippen LogP contribution in [0.5, 0.6) is 0 Å². The molecule has 0 aliphatic carbocycles. The maximum absolute atomic E-state index is 12.1. The van der Waals surface area contributed by atoms with Gasteiger partial charge in [0.1, 0.15) is 0 Å². The summed E-state index contributed by atoms with van der Waals surface area (Å²) in [6, 6.07) is 3.60. The number of hydrogen-bond acceptors (Lipinski definition) is 4. The summed E-state index contributed by atoms with van der Waals surface area (Å²) in [4.78, 5) is 18.3. The number of nitrogens with zero attached hydrogens (tertiary/aromatic N) is 4. The van der Waals surface area contributed by atoms with Crippen molar-refractivity contribution in [2.24, 2.45) is 0 Å². The largest absolute Gasteiger partial charge is 0.325 e. The van der Waals surface area contributed by atoms with Crippen LogP contribution in [0.3, 0.4) is 0 Å². The Morgan fingerprint density at radius 1 is 1.30 bits per heavy atom. The summed E-state index contributed by atoms with van der Waals surface area (Å²) in [6.07, 6.45) is 9.65. The summed E-state index contributed by atoms with van der Waals surface area (Å²) in [6.45, 7) is 5.36. The minimum absolute atomic E-state index is 0.0356. The zero-order chi connectivity index (χ0) is 16.1. The molecule has 1 N–H and O–H groups in total. The molecule has 1 amide bonds. The molecule has 1 aliphatic rings. The van der Waals surface area contributed by atoms with E-state index in [1.165, 1.54) is 5.56 Å². The number of anilines is 1. The van der Waals surface area contributed by atoms with Crippen LogP contribution in [0.15, 0.2) is 36.9 Å². The molecule has 3 heterocycles. The molecule has 1 aliphatic heterocycles. The van der Waals surface area contributed by atoms with Gasteiger partial charge in [-0.25, -0.2) is 0 Å². The van der Waals surface area contributed by atoms with Gasteiger partial charge in [0.05, 0.1) is 12.7 Å². The summed E-state index contributed by atoms with van der Waals surface area (Å²) in [5.74, 6) is 0.600. The van der Waals surface area contributed by atoms with E-state index < -0.39 is 0 Å². The van der Waals surface area contributed by atoms with E-state index in [0.717, 1.165) is 38.2 Å². The smallest absolute Gasteiger partial charge is 0.238 e. The standard InChI is InChI=1S/C17H23N5O/c1-2-22-12-15(11-19-22)14-5-9-21(10-6-14)13-17(23)20-16-3-7-18-8-4-16/h3-4,7-8,11-12,14H,2,5-6,9-10,13H2,1H3,(H,18,20,23). The molecule has 0 atom stereocenters. The van der Waals surface area contributed by atoms with Gasteiger partial charge in [-0.2, -0.15) is 5.10 Å². The normalized spacial score (nSPS) is 16.4. The molecule has 0 spiro atoms. The van der Waals surface area contributed by atoms with E-state index in [9.17, 15) is 4.79 Å². The fourth-order valence-corrected chi connectivity index (χ4v) is 3.03. The number of piperidine rings is 1. The Bertz CT molecular complexity index is 631. The molecule has 1 saturated heterocycles. The number of hydrogen-bond donors (Lipinski definition) is 1. The number of aryl methyl sites for hydroxylation is 1. The average Bonchev–Trinajstić information content (AvgIpc) is 3.05. The van der Waals surface area contributed by atoms with Crippen molar-refractivity contribution in [2.75, 3.05) is 25.0 Å². The minimum atomic E-state index is 0.0356. The van der Waals surface area contributed by atoms with Crippen LogP contribution in [-0.4, -0.2) is 45.2 Å². The monoisotopic (exact) mass is 313 g/mol. The van der Waals surface area contributed by atoms with Crippen molar-refractivity contribution in [3.63, 3.8) is 0 Å². The van der Waals surface area contributed by atoms with Gasteiger partial charge in [-0.05, 0) is 56.5 Å². The highest BCUT2D eigenvalue weighted by molar-refractivity contribution is 5.92. The zero-order valence-corrected chi connectivity index (χ0v) is 13.5. The number of likely N-dealkylation sites (tertiary alicyclic amines) is 1. The van der Waals surface area contributed by atoms with Crippen molar-refractivity contribution in [2.45, 2.75) is 32.2 Å². The molecule has 1 fully saturated rings. The van der Waals surface area contributed by atoms with Crippen LogP contribution in [0, 0.1) is 0 Å². The summed E-state index contributed by atoms with van der Waals surface area (Å²) in [5, 5.41) is 7.27. The fourth-order valence-electron chi connectivity index (χ4n) is 3.03. The van der Waals surface area contributed by atoms with Crippen molar-refractivity contribution in [1.29, 1.82) is 0 Å². The molecule has 0 aromatic carbocycles. The van der Waals surface area contributed by atoms with Crippen molar-refractivity contribution in [3.8, 4) is 0 Å². The highest BCUT2D eigenvalue weighted by Gasteiger charge is 2.22. The van der Waals surface area contributed by atoms with E-state index in [0.29, 0.717) is 12.5 Å². The predicted octanol–water partition coefficient (Wildman–Crippen LogP) is 2.12. The van der Waals surface area contributed by atoms with Crippen LogP contribution < -0.4 is 5.32 Å². The van der Waals surface area contributed by atoms with E-state index in [1.807, 2.05) is 10.9 Å². The first-order valence-electron chi connectivity index (χ1n) is 8.19. The molecule has 0 bridgehead atoms. The molecular weight excluding hydrogens is 290 g/mol. The summed E-state index contributed by atoms with van der Waals surface area (Å²) in [7, 11) is 0. The van der Waals surface area contributed by atoms with Gasteiger partial charge < -0.3 is 5.32 Å². The molecule has 2 aromatic rings. The molecule has 23 heavy (non-hydrogen) atoms. The molecular formula is C17H23N5O. The van der Waals surface area contributed by atoms with E-state index in [-0.39, 0.29) is 5.91 Å². The summed E-state index contributed by atoms with van der Waals surface area (Å²) in [5.41, 5.74) is 2.12. The zero-order valence-electron chi connectivity index (χ0n) is 13.5. The molecule has 0 unspecified atom stereocenters. The summed E-state index contributed by atoms with van der Waals surface area (Å²) < 4.78 is 1.98. The van der Waals surface area contributed by atoms with Crippen molar-refractivity contribution in [1.82, 2.24) is 19.7 Å². The van der Waals surface area contributed by atoms with Crippen molar-refractivity contribution >= 4 is 11.6 Å². The third kappa shape index (κ3) is 4.16. The van der Waals surface area contributed by atoms with E-state index in [4.69, 9.17) is 0 Å². The number of aromatic nitrogens is 3. The van der Waals surface area contributed by atoms with E-state index in [1.54, 1.807) is 24.5 Å². The maximum atomic E-state index is 12.1. The first-order chi connectivity index (χ1) is 11.2. The van der Waals surface area contributed by atoms with Gasteiger partial charge in [-0.3, -0.25) is 19.4 Å². The Hall–Kier alpha value is -2.21. The maximum Gasteiger partial charge on any atom is 0.238 e. The SMILES string of the molecule is CCn1cc(C2CCN(CC(=O)Nc3ccncc3)CC2)cn1. The van der Waals surface area contributed by atoms with E-state index in [2.05, 4.69) is 33.4 Å². The molecule has 6 nitrogen and oxygen atoms in total. The average molecular weight is 313 g/mol. The van der Waals surface area contributed by atoms with Crippen LogP contribution >= 0.6 is 0 Å². The quantitative estimate of drug-likeness (QED) is 0.918. The lowest BCUT2D eigenvalue weighted by molar-refractivity contribution is -0.117. The summed E-state index contributed by atoms with van der Waals surface area (Å²) >= 11 is 0. The second-order valence-corrected chi connectivity index (χ2v) is 5.96. The lowest BCUT2D eigenvalue weighted by Crippen LogP contribution is -2.38. The second kappa shape index (κ2) is 7.37. The van der Waals surface area contributed by atoms with Crippen molar-refractivity contribution < 1.29 is 4.79 Å². The highest BCUT2D eigenvalue weighted by Crippen LogP contribution is 2.27. The van der Waals surface area contributed by atoms with Gasteiger partial charge in [0.25, 0.3) is 0 Å². The lowest BCUT2D eigenvalue weighted by Gasteiger charge is -2.31. The van der Waals surface area contributed by atoms with Crippen LogP contribution in [0.25, 0.3) is 0 Å². The fraction of sp³-hybridized carbons (Fsp3) is 0.471. The Morgan fingerprint density at radius 2 is 2.04 bits per heavy atom. The minimum Gasteiger partial charge on any atom is -0.325 e. The topological polar surface area (TPSA) is 63.1 Å². The van der Waals surface area contributed by atoms with Crippen molar-refractivity contribution in [3.05, 3.63) is 42.5 Å². The first-order valence-corrected chi connectivity index (χ1v) is 8.19. The molecule has 122 valence electrons. The van der Waals surface area contributed by atoms with Gasteiger partial charge in [-0.1, -0.05) is 0 Å². The number of amides is 1. The first kappa shape index (κ1) is 15.7. The van der Waals surface area contributed by atoms with Crippen LogP contribution in [0.2, 0.25) is 0 Å². The van der Waals surface area contributed by atoms with Crippen LogP contribution in [0.1, 0.15) is 31.2 Å². The molecule has 3 rings (SSSR count). The lowest BCUT2D eigenvalue weighted by atomic mass is 9.91. The Labute approximate surface area is 136 Å². The number of nitrogens with one attached hydrogen (secondary N) is 1. The molecule has 0 radical (unpaired) electrons. The van der Waals surface area contributed by atoms with Gasteiger partial charge in [0, 0.05) is 30.8 Å². The Balaban J connectivity index is 1.46. The Kier molecular flexibility index (Phi) is 5.02. The third-order valence-electron chi connectivity index (χ3n) is 4.37. The van der Waals surface area contributed by atoms with Gasteiger partial charge in [0.2, 0.25) is 5.91 Å². The van der Waals surface area contributed by atoms with Gasteiger partial charge >= 0.3 is 0 Å². The van der Waals surface area contributed by atoms with Crippen LogP contribution in [0.4, 0.5) is 5.69 Å². The van der Waals surface area contributed by atoms with Gasteiger partial charge in [-0.15, -0.1) is 0 Å². The van der Waals surface area contributed by atoms with E-state index >= 15 is 0 Å². The van der Waals surface area contributed by atoms with Crippen LogP contribution in [-0.2, 0) is 11.3 Å². The molecule has 2 aromatic heterocycles. The number of pyridine rings is 1. The number of rotatable bonds is 5. The number of carbonyl (C=O) groups is 1. The second-order valence-electron chi connectivity index (χ2n) is 5.96. The molecule has 0 saturated carbocycles. The molecule has 6 heteroatoms. The third-order valence-corrected chi connectivity index (χ3v) is 4.37. The highest BCUT2D eigenvalue weighted by atomic mass is 16.2. The van der Waals surface area contributed by atoms with Gasteiger partial charge in [0.15, 0.2) is 0 Å². The predicted molar refractivity (Wildman–Crippen MR) is 89.2 cm³/mol. The Morgan fingerprint density at radius 3 is 2.70 bits per heavy atom. The number of carbonyl (C=O) groups excluding carboxylic acids is 1.